The average Bonchev–Trinajstić information content (AvgIpc) is 3.14. The highest BCUT2D eigenvalue weighted by Crippen LogP contribution is 2.18. The van der Waals surface area contributed by atoms with Crippen molar-refractivity contribution in [2.24, 2.45) is 5.92 Å². The number of aromatic nitrogens is 2. The van der Waals surface area contributed by atoms with E-state index in [1.165, 1.54) is 18.4 Å². The number of carbonyl (C=O) groups is 2. The Kier molecular flexibility index (Phi) is 6.06. The number of nitrogens with zero attached hydrogens (tertiary/aromatic N) is 2. The van der Waals surface area contributed by atoms with Crippen LogP contribution in [-0.4, -0.2) is 42.3 Å². The Morgan fingerprint density at radius 3 is 3.00 bits per heavy atom. The summed E-state index contributed by atoms with van der Waals surface area (Å²) < 4.78 is 4.57. The fraction of sp³-hybridized carbons (Fsp3) is 0.692. The number of rotatable bonds is 7. The van der Waals surface area contributed by atoms with Gasteiger partial charge in [-0.25, -0.2) is 0 Å². The van der Waals surface area contributed by atoms with E-state index in [1.54, 1.807) is 0 Å². The third-order valence-electron chi connectivity index (χ3n) is 3.43. The van der Waals surface area contributed by atoms with Gasteiger partial charge in [0.2, 0.25) is 11.0 Å². The molecule has 1 unspecified atom stereocenters. The van der Waals surface area contributed by atoms with Crippen LogP contribution < -0.4 is 10.6 Å². The molecule has 0 bridgehead atoms. The Morgan fingerprint density at radius 2 is 2.29 bits per heavy atom. The summed E-state index contributed by atoms with van der Waals surface area (Å²) in [4.78, 5) is 22.9. The second-order valence-electron chi connectivity index (χ2n) is 5.02. The second-order valence-corrected chi connectivity index (χ2v) is 6.08. The molecule has 0 radical (unpaired) electrons. The number of aryl methyl sites for hydroxylation is 1. The van der Waals surface area contributed by atoms with E-state index >= 15 is 0 Å². The molecule has 1 aromatic heterocycles. The number of hydrogen-bond acceptors (Lipinski definition) is 7. The van der Waals surface area contributed by atoms with Gasteiger partial charge in [-0.05, 0) is 31.8 Å². The van der Waals surface area contributed by atoms with E-state index in [9.17, 15) is 9.59 Å². The van der Waals surface area contributed by atoms with Gasteiger partial charge in [-0.1, -0.05) is 11.3 Å². The number of esters is 1. The maximum Gasteiger partial charge on any atom is 0.305 e. The Bertz CT molecular complexity index is 486. The minimum Gasteiger partial charge on any atom is -0.469 e. The molecule has 1 atom stereocenters. The highest BCUT2D eigenvalue weighted by molar-refractivity contribution is 7.15. The van der Waals surface area contributed by atoms with Gasteiger partial charge in [0.1, 0.15) is 5.01 Å². The molecular weight excluding hydrogens is 292 g/mol. The van der Waals surface area contributed by atoms with Crippen LogP contribution in [-0.2, 0) is 20.7 Å². The molecule has 0 aromatic carbocycles. The van der Waals surface area contributed by atoms with E-state index in [4.69, 9.17) is 0 Å². The molecule has 0 saturated carbocycles. The molecule has 8 heteroatoms. The average molecular weight is 312 g/mol. The largest absolute Gasteiger partial charge is 0.469 e. The van der Waals surface area contributed by atoms with Gasteiger partial charge in [0.05, 0.1) is 13.5 Å². The van der Waals surface area contributed by atoms with Crippen molar-refractivity contribution >= 4 is 28.3 Å². The topological polar surface area (TPSA) is 93.2 Å². The Balaban J connectivity index is 1.70. The van der Waals surface area contributed by atoms with Gasteiger partial charge in [0, 0.05) is 12.8 Å². The molecule has 1 aromatic rings. The summed E-state index contributed by atoms with van der Waals surface area (Å²) in [5, 5.41) is 15.1. The maximum absolute atomic E-state index is 11.8. The zero-order valence-electron chi connectivity index (χ0n) is 12.1. The fourth-order valence-electron chi connectivity index (χ4n) is 2.19. The Labute approximate surface area is 127 Å². The molecule has 1 saturated heterocycles. The molecule has 2 rings (SSSR count). The third kappa shape index (κ3) is 5.39. The van der Waals surface area contributed by atoms with Crippen LogP contribution in [0.15, 0.2) is 0 Å². The summed E-state index contributed by atoms with van der Waals surface area (Å²) in [7, 11) is 1.36. The zero-order valence-corrected chi connectivity index (χ0v) is 12.9. The molecule has 116 valence electrons. The first-order chi connectivity index (χ1) is 10.2. The molecular formula is C13H20N4O3S. The molecule has 0 aliphatic carbocycles. The predicted octanol–water partition coefficient (Wildman–Crippen LogP) is 0.972. The first-order valence-electron chi connectivity index (χ1n) is 7.07. The monoisotopic (exact) mass is 312 g/mol. The van der Waals surface area contributed by atoms with E-state index in [0.717, 1.165) is 30.9 Å². The van der Waals surface area contributed by atoms with Crippen LogP contribution in [0.25, 0.3) is 0 Å². The molecule has 21 heavy (non-hydrogen) atoms. The van der Waals surface area contributed by atoms with Crippen molar-refractivity contribution in [1.82, 2.24) is 15.5 Å². The number of hydrogen-bond donors (Lipinski definition) is 2. The van der Waals surface area contributed by atoms with Crippen LogP contribution >= 0.6 is 11.3 Å². The quantitative estimate of drug-likeness (QED) is 0.729. The number of nitrogens with one attached hydrogen (secondary N) is 2. The van der Waals surface area contributed by atoms with Crippen LogP contribution in [0.2, 0.25) is 0 Å². The molecule has 1 fully saturated rings. The molecule has 2 N–H and O–H groups in total. The summed E-state index contributed by atoms with van der Waals surface area (Å²) in [6.07, 6.45) is 3.29. The lowest BCUT2D eigenvalue weighted by Gasteiger charge is -2.06. The van der Waals surface area contributed by atoms with Crippen LogP contribution in [0.5, 0.6) is 0 Å². The summed E-state index contributed by atoms with van der Waals surface area (Å²) in [6, 6.07) is 0. The van der Waals surface area contributed by atoms with Crippen molar-refractivity contribution in [3.63, 3.8) is 0 Å². The summed E-state index contributed by atoms with van der Waals surface area (Å²) in [6.45, 7) is 2.05. The molecule has 0 spiro atoms. The lowest BCUT2D eigenvalue weighted by atomic mass is 10.0. The summed E-state index contributed by atoms with van der Waals surface area (Å²) in [5.74, 6) is 0.291. The first kappa shape index (κ1) is 15.8. The molecule has 7 nitrogen and oxygen atoms in total. The van der Waals surface area contributed by atoms with Gasteiger partial charge in [-0.2, -0.15) is 0 Å². The normalized spacial score (nSPS) is 17.7. The molecule has 1 amide bonds. The van der Waals surface area contributed by atoms with Gasteiger partial charge >= 0.3 is 5.97 Å². The van der Waals surface area contributed by atoms with Crippen LogP contribution in [0.3, 0.4) is 0 Å². The number of methoxy groups -OCH3 is 1. The minimum atomic E-state index is -0.277. The van der Waals surface area contributed by atoms with Crippen molar-refractivity contribution in [2.75, 3.05) is 25.5 Å². The molecule has 1 aliphatic heterocycles. The lowest BCUT2D eigenvalue weighted by Crippen LogP contribution is -2.14. The smallest absolute Gasteiger partial charge is 0.305 e. The number of carbonyl (C=O) groups excluding carboxylic acids is 2. The first-order valence-corrected chi connectivity index (χ1v) is 7.89. The highest BCUT2D eigenvalue weighted by Gasteiger charge is 2.16. The van der Waals surface area contributed by atoms with E-state index in [2.05, 4.69) is 25.6 Å². The predicted molar refractivity (Wildman–Crippen MR) is 79.1 cm³/mol. The number of anilines is 1. The van der Waals surface area contributed by atoms with Gasteiger partial charge in [-0.3, -0.25) is 9.59 Å². The Hall–Kier alpha value is -1.54. The maximum atomic E-state index is 11.8. The van der Waals surface area contributed by atoms with Gasteiger partial charge in [0.25, 0.3) is 0 Å². The fourth-order valence-corrected chi connectivity index (χ4v) is 2.95. The lowest BCUT2D eigenvalue weighted by molar-refractivity contribution is -0.140. The van der Waals surface area contributed by atoms with Gasteiger partial charge in [-0.15, -0.1) is 10.2 Å². The van der Waals surface area contributed by atoms with Crippen LogP contribution in [0.4, 0.5) is 5.13 Å². The van der Waals surface area contributed by atoms with Crippen LogP contribution in [0.1, 0.15) is 30.7 Å². The van der Waals surface area contributed by atoms with Crippen molar-refractivity contribution < 1.29 is 14.3 Å². The molecule has 2 heterocycles. The standard InChI is InChI=1S/C13H20N4O3S/c1-20-12(19)5-4-11-16-17-13(21-11)15-10(18)3-2-9-6-7-14-8-9/h9,14H,2-8H2,1H3,(H,15,17,18). The third-order valence-corrected chi connectivity index (χ3v) is 4.32. The van der Waals surface area contributed by atoms with Crippen molar-refractivity contribution in [2.45, 2.75) is 32.1 Å². The minimum absolute atomic E-state index is 0.0300. The van der Waals surface area contributed by atoms with E-state index in [0.29, 0.717) is 23.9 Å². The van der Waals surface area contributed by atoms with Crippen molar-refractivity contribution in [3.8, 4) is 0 Å². The number of ether oxygens (including phenoxy) is 1. The van der Waals surface area contributed by atoms with Gasteiger partial charge < -0.3 is 15.4 Å². The highest BCUT2D eigenvalue weighted by atomic mass is 32.1. The van der Waals surface area contributed by atoms with Crippen molar-refractivity contribution in [3.05, 3.63) is 5.01 Å². The summed E-state index contributed by atoms with van der Waals surface area (Å²) >= 11 is 1.30. The van der Waals surface area contributed by atoms with Gasteiger partial charge in [0.15, 0.2) is 0 Å². The number of amides is 1. The van der Waals surface area contributed by atoms with E-state index in [1.807, 2.05) is 0 Å². The second kappa shape index (κ2) is 8.04. The van der Waals surface area contributed by atoms with E-state index in [-0.39, 0.29) is 18.3 Å². The SMILES string of the molecule is COC(=O)CCc1nnc(NC(=O)CCC2CCNC2)s1. The zero-order chi connectivity index (χ0) is 15.1. The summed E-state index contributed by atoms with van der Waals surface area (Å²) in [5.41, 5.74) is 0. The van der Waals surface area contributed by atoms with Crippen molar-refractivity contribution in [1.29, 1.82) is 0 Å². The molecule has 1 aliphatic rings. The Morgan fingerprint density at radius 1 is 1.43 bits per heavy atom. The van der Waals surface area contributed by atoms with E-state index < -0.39 is 0 Å². The van der Waals surface area contributed by atoms with Crippen LogP contribution in [0, 0.1) is 5.92 Å².